The van der Waals surface area contributed by atoms with E-state index in [1.165, 1.54) is 0 Å². The molecular formula is C21H31N3O2. The Morgan fingerprint density at radius 2 is 2.00 bits per heavy atom. The lowest BCUT2D eigenvalue weighted by molar-refractivity contribution is -0.148. The number of aromatic nitrogens is 2. The van der Waals surface area contributed by atoms with Gasteiger partial charge in [-0.25, -0.2) is 9.97 Å². The number of para-hydroxylation sites is 1. The summed E-state index contributed by atoms with van der Waals surface area (Å²) in [4.78, 5) is 20.7. The molecule has 0 aliphatic carbocycles. The minimum Gasteiger partial charge on any atom is -0.465 e. The summed E-state index contributed by atoms with van der Waals surface area (Å²) < 4.78 is 5.49. The Morgan fingerprint density at radius 1 is 1.23 bits per heavy atom. The third-order valence-corrected chi connectivity index (χ3v) is 4.71. The smallest absolute Gasteiger partial charge is 0.308 e. The zero-order chi connectivity index (χ0) is 19.1. The van der Waals surface area contributed by atoms with Gasteiger partial charge in [0.05, 0.1) is 23.7 Å². The van der Waals surface area contributed by atoms with Crippen LogP contribution in [0.1, 0.15) is 57.7 Å². The number of unbranched alkanes of at least 4 members (excludes halogenated alkanes) is 1. The van der Waals surface area contributed by atoms with Crippen LogP contribution in [-0.4, -0.2) is 22.5 Å². The Balaban J connectivity index is 2.11. The third kappa shape index (κ3) is 5.41. The monoisotopic (exact) mass is 357 g/mol. The van der Waals surface area contributed by atoms with E-state index < -0.39 is 0 Å². The number of carbonyl (C=O) groups excluding carboxylic acids is 1. The van der Waals surface area contributed by atoms with Crippen molar-refractivity contribution in [2.75, 3.05) is 12.3 Å². The summed E-state index contributed by atoms with van der Waals surface area (Å²) in [6.07, 6.45) is 5.05. The van der Waals surface area contributed by atoms with Gasteiger partial charge in [0.15, 0.2) is 0 Å². The quantitative estimate of drug-likeness (QED) is 0.670. The number of benzene rings is 1. The van der Waals surface area contributed by atoms with Crippen LogP contribution >= 0.6 is 0 Å². The maximum atomic E-state index is 11.8. The van der Waals surface area contributed by atoms with Crippen LogP contribution in [-0.2, 0) is 16.0 Å². The highest BCUT2D eigenvalue weighted by molar-refractivity contribution is 5.84. The van der Waals surface area contributed by atoms with Crippen molar-refractivity contribution >= 4 is 22.8 Å². The van der Waals surface area contributed by atoms with E-state index in [-0.39, 0.29) is 11.9 Å². The first-order valence-electron chi connectivity index (χ1n) is 9.60. The molecule has 26 heavy (non-hydrogen) atoms. The van der Waals surface area contributed by atoms with E-state index >= 15 is 0 Å². The zero-order valence-corrected chi connectivity index (χ0v) is 16.4. The topological polar surface area (TPSA) is 78.1 Å². The minimum absolute atomic E-state index is 0.0876. The third-order valence-electron chi connectivity index (χ3n) is 4.71. The van der Waals surface area contributed by atoms with Crippen LogP contribution in [0.3, 0.4) is 0 Å². The Bertz CT molecular complexity index is 743. The van der Waals surface area contributed by atoms with Crippen molar-refractivity contribution in [2.45, 2.75) is 59.8 Å². The van der Waals surface area contributed by atoms with Gasteiger partial charge in [-0.15, -0.1) is 0 Å². The molecule has 0 bridgehead atoms. The normalized spacial score (nSPS) is 12.5. The number of aryl methyl sites for hydroxylation is 2. The van der Waals surface area contributed by atoms with Gasteiger partial charge in [-0.1, -0.05) is 51.8 Å². The van der Waals surface area contributed by atoms with Crippen LogP contribution < -0.4 is 5.73 Å². The number of rotatable bonds is 9. The predicted molar refractivity (Wildman–Crippen MR) is 106 cm³/mol. The fourth-order valence-corrected chi connectivity index (χ4v) is 3.08. The van der Waals surface area contributed by atoms with Crippen molar-refractivity contribution in [3.8, 4) is 0 Å². The Kier molecular flexibility index (Phi) is 7.37. The first kappa shape index (κ1) is 20.1. The number of carbonyl (C=O) groups is 1. The number of nitrogens with two attached hydrogens (primary N) is 1. The summed E-state index contributed by atoms with van der Waals surface area (Å²) in [5.74, 6) is 0.445. The Hall–Kier alpha value is -2.17. The van der Waals surface area contributed by atoms with Gasteiger partial charge in [-0.2, -0.15) is 0 Å². The van der Waals surface area contributed by atoms with Gasteiger partial charge in [0.25, 0.3) is 0 Å². The number of hydrogen-bond donors (Lipinski definition) is 1. The van der Waals surface area contributed by atoms with Crippen LogP contribution in [0.5, 0.6) is 0 Å². The van der Waals surface area contributed by atoms with Crippen molar-refractivity contribution in [1.29, 1.82) is 0 Å². The molecule has 0 spiro atoms. The second-order valence-electron chi connectivity index (χ2n) is 7.33. The molecule has 2 rings (SSSR count). The number of nitrogens with zero attached hydrogens (tertiary/aromatic N) is 2. The van der Waals surface area contributed by atoms with Crippen LogP contribution in [0.2, 0.25) is 0 Å². The number of ether oxygens (including phenoxy) is 1. The molecule has 2 aromatic rings. The van der Waals surface area contributed by atoms with Crippen LogP contribution in [0.15, 0.2) is 18.2 Å². The minimum atomic E-state index is -0.126. The first-order chi connectivity index (χ1) is 12.4. The van der Waals surface area contributed by atoms with E-state index in [0.717, 1.165) is 54.3 Å². The summed E-state index contributed by atoms with van der Waals surface area (Å²) in [5, 5.41) is 1.06. The van der Waals surface area contributed by atoms with Crippen molar-refractivity contribution in [1.82, 2.24) is 9.97 Å². The van der Waals surface area contributed by atoms with Crippen LogP contribution in [0, 0.1) is 18.8 Å². The van der Waals surface area contributed by atoms with E-state index in [9.17, 15) is 4.79 Å². The molecule has 0 fully saturated rings. The van der Waals surface area contributed by atoms with Gasteiger partial charge in [-0.05, 0) is 37.7 Å². The number of nitrogen functional groups attached to an aromatic ring is 1. The van der Waals surface area contributed by atoms with E-state index in [0.29, 0.717) is 18.5 Å². The number of esters is 1. The van der Waals surface area contributed by atoms with Crippen molar-refractivity contribution in [3.63, 3.8) is 0 Å². The lowest BCUT2D eigenvalue weighted by Crippen LogP contribution is -2.18. The van der Waals surface area contributed by atoms with Gasteiger partial charge in [0.2, 0.25) is 5.95 Å². The van der Waals surface area contributed by atoms with Crippen molar-refractivity contribution in [3.05, 3.63) is 29.5 Å². The SMILES string of the molecule is CCCC[C@@H](CCc1nc(N)nc2c(C)cccc12)COC(=O)C(C)C. The molecule has 0 aliphatic rings. The molecule has 1 aromatic carbocycles. The molecule has 1 heterocycles. The fourth-order valence-electron chi connectivity index (χ4n) is 3.08. The Morgan fingerprint density at radius 3 is 2.69 bits per heavy atom. The Labute approximate surface area is 156 Å². The number of fused-ring (bicyclic) bond motifs is 1. The molecule has 0 amide bonds. The van der Waals surface area contributed by atoms with E-state index in [2.05, 4.69) is 23.0 Å². The van der Waals surface area contributed by atoms with Crippen LogP contribution in [0.4, 0.5) is 5.95 Å². The van der Waals surface area contributed by atoms with Crippen LogP contribution in [0.25, 0.3) is 10.9 Å². The first-order valence-corrected chi connectivity index (χ1v) is 9.60. The second-order valence-corrected chi connectivity index (χ2v) is 7.33. The molecule has 5 heteroatoms. The maximum absolute atomic E-state index is 11.8. The molecule has 1 atom stereocenters. The highest BCUT2D eigenvalue weighted by Gasteiger charge is 2.16. The highest BCUT2D eigenvalue weighted by atomic mass is 16.5. The number of anilines is 1. The maximum Gasteiger partial charge on any atom is 0.308 e. The largest absolute Gasteiger partial charge is 0.465 e. The van der Waals surface area contributed by atoms with Gasteiger partial charge < -0.3 is 10.5 Å². The molecule has 0 saturated carbocycles. The molecular weight excluding hydrogens is 326 g/mol. The lowest BCUT2D eigenvalue weighted by atomic mass is 9.95. The molecule has 5 nitrogen and oxygen atoms in total. The van der Waals surface area contributed by atoms with Crippen molar-refractivity contribution < 1.29 is 9.53 Å². The summed E-state index contributed by atoms with van der Waals surface area (Å²) in [6.45, 7) is 8.42. The molecule has 0 unspecified atom stereocenters. The standard InChI is InChI=1S/C21H31N3O2/c1-5-6-9-16(13-26-20(25)14(2)3)11-12-18-17-10-7-8-15(4)19(17)24-21(22)23-18/h7-8,10,14,16H,5-6,9,11-13H2,1-4H3,(H2,22,23,24)/t16-/m0/s1. The lowest BCUT2D eigenvalue weighted by Gasteiger charge is -2.18. The summed E-state index contributed by atoms with van der Waals surface area (Å²) in [7, 11) is 0. The number of hydrogen-bond acceptors (Lipinski definition) is 5. The van der Waals surface area contributed by atoms with E-state index in [1.807, 2.05) is 32.9 Å². The summed E-state index contributed by atoms with van der Waals surface area (Å²) in [5.41, 5.74) is 8.93. The van der Waals surface area contributed by atoms with Gasteiger partial charge in [0, 0.05) is 5.39 Å². The molecule has 142 valence electrons. The molecule has 0 radical (unpaired) electrons. The summed E-state index contributed by atoms with van der Waals surface area (Å²) >= 11 is 0. The zero-order valence-electron chi connectivity index (χ0n) is 16.4. The van der Waals surface area contributed by atoms with Crippen molar-refractivity contribution in [2.24, 2.45) is 11.8 Å². The average molecular weight is 357 g/mol. The van der Waals surface area contributed by atoms with Gasteiger partial charge in [0.1, 0.15) is 0 Å². The highest BCUT2D eigenvalue weighted by Crippen LogP contribution is 2.23. The van der Waals surface area contributed by atoms with Gasteiger partial charge in [-0.3, -0.25) is 4.79 Å². The van der Waals surface area contributed by atoms with E-state index in [1.54, 1.807) is 0 Å². The molecule has 0 aliphatic heterocycles. The molecule has 0 saturated heterocycles. The second kappa shape index (κ2) is 9.51. The van der Waals surface area contributed by atoms with E-state index in [4.69, 9.17) is 10.5 Å². The van der Waals surface area contributed by atoms with Gasteiger partial charge >= 0.3 is 5.97 Å². The average Bonchev–Trinajstić information content (AvgIpc) is 2.61. The molecule has 1 aromatic heterocycles. The fraction of sp³-hybridized carbons (Fsp3) is 0.571. The summed E-state index contributed by atoms with van der Waals surface area (Å²) in [6, 6.07) is 6.12. The predicted octanol–water partition coefficient (Wildman–Crippen LogP) is 4.46. The molecule has 2 N–H and O–H groups in total.